The van der Waals surface area contributed by atoms with Crippen LogP contribution in [0.15, 0.2) is 40.3 Å². The molecule has 0 aliphatic rings. The van der Waals surface area contributed by atoms with Crippen LogP contribution < -0.4 is 0 Å². The number of carbonyl (C=O) groups is 1. The fraction of sp³-hybridized carbons (Fsp3) is 0.176. The molecule has 4 nitrogen and oxygen atoms in total. The fourth-order valence-electron chi connectivity index (χ4n) is 1.95. The Morgan fingerprint density at radius 3 is 2.68 bits per heavy atom. The molecule has 0 radical (unpaired) electrons. The number of halogens is 4. The molecule has 1 aromatic carbocycles. The minimum atomic E-state index is -4.52. The van der Waals surface area contributed by atoms with E-state index in [2.05, 4.69) is 0 Å². The molecule has 0 atom stereocenters. The van der Waals surface area contributed by atoms with E-state index in [0.717, 1.165) is 24.3 Å². The van der Waals surface area contributed by atoms with Crippen molar-refractivity contribution in [3.8, 4) is 17.4 Å². The summed E-state index contributed by atoms with van der Waals surface area (Å²) in [6.07, 6.45) is -3.38. The van der Waals surface area contributed by atoms with Gasteiger partial charge < -0.3 is 9.15 Å². The van der Waals surface area contributed by atoms with Crippen LogP contribution >= 0.6 is 11.6 Å². The van der Waals surface area contributed by atoms with Crippen LogP contribution in [-0.2, 0) is 15.7 Å². The summed E-state index contributed by atoms with van der Waals surface area (Å²) in [6, 6.07) is 7.33. The van der Waals surface area contributed by atoms with Crippen molar-refractivity contribution >= 4 is 23.6 Å². The number of rotatable bonds is 4. The predicted molar refractivity (Wildman–Crippen MR) is 84.4 cm³/mol. The SMILES string of the molecule is CCOC(=O)C(C#N)=Cc1ccc(-c2cc(C(F)(F)F)ccc2Cl)o1. The number of furan rings is 1. The molecule has 1 aromatic heterocycles. The van der Waals surface area contributed by atoms with Gasteiger partial charge in [0, 0.05) is 11.6 Å². The van der Waals surface area contributed by atoms with Gasteiger partial charge in [0.05, 0.1) is 17.2 Å². The lowest BCUT2D eigenvalue weighted by Crippen LogP contribution is -2.05. The molecule has 0 saturated carbocycles. The van der Waals surface area contributed by atoms with Crippen molar-refractivity contribution in [2.24, 2.45) is 0 Å². The van der Waals surface area contributed by atoms with E-state index in [1.807, 2.05) is 0 Å². The maximum Gasteiger partial charge on any atom is 0.416 e. The normalized spacial score (nSPS) is 11.9. The number of ether oxygens (including phenoxy) is 1. The van der Waals surface area contributed by atoms with E-state index in [1.165, 1.54) is 12.1 Å². The molecular formula is C17H11ClF3NO3. The first-order valence-corrected chi connectivity index (χ1v) is 7.40. The summed E-state index contributed by atoms with van der Waals surface area (Å²) < 4.78 is 48.6. The predicted octanol–water partition coefficient (Wildman–Crippen LogP) is 5.09. The molecule has 130 valence electrons. The van der Waals surface area contributed by atoms with Gasteiger partial charge in [-0.2, -0.15) is 18.4 Å². The summed E-state index contributed by atoms with van der Waals surface area (Å²) in [4.78, 5) is 11.6. The summed E-state index contributed by atoms with van der Waals surface area (Å²) in [5.41, 5.74) is -1.12. The van der Waals surface area contributed by atoms with Crippen LogP contribution in [0.1, 0.15) is 18.2 Å². The molecule has 0 saturated heterocycles. The quantitative estimate of drug-likeness (QED) is 0.428. The van der Waals surface area contributed by atoms with Crippen molar-refractivity contribution in [3.63, 3.8) is 0 Å². The second-order valence-corrected chi connectivity index (χ2v) is 5.19. The van der Waals surface area contributed by atoms with E-state index < -0.39 is 17.7 Å². The van der Waals surface area contributed by atoms with Crippen LogP contribution in [0.25, 0.3) is 17.4 Å². The molecule has 1 heterocycles. The van der Waals surface area contributed by atoms with E-state index in [-0.39, 0.29) is 34.3 Å². The number of alkyl halides is 3. The lowest BCUT2D eigenvalue weighted by molar-refractivity contribution is -0.138. The Labute approximate surface area is 146 Å². The van der Waals surface area contributed by atoms with Crippen molar-refractivity contribution in [2.45, 2.75) is 13.1 Å². The second-order valence-electron chi connectivity index (χ2n) is 4.78. The molecule has 0 unspecified atom stereocenters. The van der Waals surface area contributed by atoms with Gasteiger partial charge >= 0.3 is 12.1 Å². The third kappa shape index (κ3) is 4.43. The summed E-state index contributed by atoms with van der Waals surface area (Å²) >= 11 is 5.95. The van der Waals surface area contributed by atoms with Crippen LogP contribution in [0.2, 0.25) is 5.02 Å². The van der Waals surface area contributed by atoms with Crippen molar-refractivity contribution in [2.75, 3.05) is 6.61 Å². The number of nitrogens with zero attached hydrogens (tertiary/aromatic N) is 1. The van der Waals surface area contributed by atoms with Crippen LogP contribution in [0, 0.1) is 11.3 Å². The summed E-state index contributed by atoms with van der Waals surface area (Å²) in [5, 5.41) is 9.04. The first kappa shape index (κ1) is 18.6. The average Bonchev–Trinajstić information content (AvgIpc) is 3.00. The molecule has 0 aliphatic carbocycles. The number of nitriles is 1. The van der Waals surface area contributed by atoms with Gasteiger partial charge in [-0.1, -0.05) is 11.6 Å². The number of esters is 1. The minimum Gasteiger partial charge on any atom is -0.462 e. The Bertz CT molecular complexity index is 863. The van der Waals surface area contributed by atoms with Crippen LogP contribution in [0.4, 0.5) is 13.2 Å². The zero-order chi connectivity index (χ0) is 18.6. The smallest absolute Gasteiger partial charge is 0.416 e. The standard InChI is InChI=1S/C17H11ClF3NO3/c1-2-24-16(23)10(9-22)7-12-4-6-15(25-12)13-8-11(17(19,20)21)3-5-14(13)18/h3-8H,2H2,1H3. The lowest BCUT2D eigenvalue weighted by atomic mass is 10.1. The number of hydrogen-bond donors (Lipinski definition) is 0. The van der Waals surface area contributed by atoms with Gasteiger partial charge in [-0.3, -0.25) is 0 Å². The number of benzene rings is 1. The Morgan fingerprint density at radius 1 is 1.36 bits per heavy atom. The Morgan fingerprint density at radius 2 is 2.08 bits per heavy atom. The summed E-state index contributed by atoms with van der Waals surface area (Å²) in [7, 11) is 0. The third-order valence-electron chi connectivity index (χ3n) is 3.09. The molecule has 0 spiro atoms. The van der Waals surface area contributed by atoms with Gasteiger partial charge in [-0.15, -0.1) is 0 Å². The Kier molecular flexibility index (Phi) is 5.55. The van der Waals surface area contributed by atoms with Crippen LogP contribution in [0.5, 0.6) is 0 Å². The van der Waals surface area contributed by atoms with Crippen molar-refractivity contribution < 1.29 is 27.1 Å². The third-order valence-corrected chi connectivity index (χ3v) is 3.42. The molecule has 2 rings (SSSR count). The number of hydrogen-bond acceptors (Lipinski definition) is 4. The molecule has 0 fully saturated rings. The van der Waals surface area contributed by atoms with Gasteiger partial charge in [0.1, 0.15) is 23.2 Å². The van der Waals surface area contributed by atoms with Gasteiger partial charge in [0.25, 0.3) is 0 Å². The molecule has 0 aliphatic heterocycles. The number of carbonyl (C=O) groups excluding carboxylic acids is 1. The van der Waals surface area contributed by atoms with E-state index in [9.17, 15) is 18.0 Å². The highest BCUT2D eigenvalue weighted by Gasteiger charge is 2.31. The van der Waals surface area contributed by atoms with Crippen molar-refractivity contribution in [1.29, 1.82) is 5.26 Å². The summed E-state index contributed by atoms with van der Waals surface area (Å²) in [5.74, 6) is -0.642. The largest absolute Gasteiger partial charge is 0.462 e. The first-order valence-electron chi connectivity index (χ1n) is 7.02. The fourth-order valence-corrected chi connectivity index (χ4v) is 2.16. The molecule has 25 heavy (non-hydrogen) atoms. The van der Waals surface area contributed by atoms with Gasteiger partial charge in [0.15, 0.2) is 0 Å². The monoisotopic (exact) mass is 369 g/mol. The average molecular weight is 370 g/mol. The Balaban J connectivity index is 2.39. The zero-order valence-corrected chi connectivity index (χ0v) is 13.6. The molecule has 8 heteroatoms. The molecule has 0 bridgehead atoms. The molecule has 2 aromatic rings. The topological polar surface area (TPSA) is 63.2 Å². The molecule has 0 amide bonds. The zero-order valence-electron chi connectivity index (χ0n) is 12.9. The highest BCUT2D eigenvalue weighted by atomic mass is 35.5. The van der Waals surface area contributed by atoms with E-state index in [0.29, 0.717) is 0 Å². The highest BCUT2D eigenvalue weighted by molar-refractivity contribution is 6.33. The summed E-state index contributed by atoms with van der Waals surface area (Å²) in [6.45, 7) is 1.69. The maximum absolute atomic E-state index is 12.8. The Hall–Kier alpha value is -2.72. The lowest BCUT2D eigenvalue weighted by Gasteiger charge is -2.09. The van der Waals surface area contributed by atoms with E-state index >= 15 is 0 Å². The second kappa shape index (κ2) is 7.45. The van der Waals surface area contributed by atoms with Crippen molar-refractivity contribution in [3.05, 3.63) is 52.3 Å². The minimum absolute atomic E-state index is 0.0470. The van der Waals surface area contributed by atoms with Gasteiger partial charge in [-0.05, 0) is 37.3 Å². The van der Waals surface area contributed by atoms with Crippen LogP contribution in [0.3, 0.4) is 0 Å². The van der Waals surface area contributed by atoms with Gasteiger partial charge in [0.2, 0.25) is 0 Å². The van der Waals surface area contributed by atoms with E-state index in [1.54, 1.807) is 13.0 Å². The highest BCUT2D eigenvalue weighted by Crippen LogP contribution is 2.36. The first-order chi connectivity index (χ1) is 11.8. The van der Waals surface area contributed by atoms with E-state index in [4.69, 9.17) is 26.0 Å². The molecular weight excluding hydrogens is 359 g/mol. The van der Waals surface area contributed by atoms with Crippen molar-refractivity contribution in [1.82, 2.24) is 0 Å². The van der Waals surface area contributed by atoms with Gasteiger partial charge in [-0.25, -0.2) is 4.79 Å². The molecule has 0 N–H and O–H groups in total. The van der Waals surface area contributed by atoms with Crippen LogP contribution in [-0.4, -0.2) is 12.6 Å². The maximum atomic E-state index is 12.8.